The molecule has 0 bridgehead atoms. The average molecular weight is 478 g/mol. The summed E-state index contributed by atoms with van der Waals surface area (Å²) in [6, 6.07) is 14.7. The molecule has 178 valence electrons. The van der Waals surface area contributed by atoms with Gasteiger partial charge in [-0.25, -0.2) is 4.98 Å². The molecule has 6 rings (SSSR count). The third-order valence-electron chi connectivity index (χ3n) is 7.34. The molecule has 4 heterocycles. The molecule has 2 fully saturated rings. The standard InChI is InChI=1S/C27H31N3O3S/c31-26(18-29-13-10-19(11-14-29)27-28-21-5-1-2-7-25(21)34-27)30-12-3-6-22(30)20-8-9-23-24(17-20)33-16-4-15-32-23/h1-2,5,7-9,17,19,22H,3-4,6,10-16,18H2. The summed E-state index contributed by atoms with van der Waals surface area (Å²) in [5.74, 6) is 2.37. The van der Waals surface area contributed by atoms with Crippen LogP contribution in [0, 0.1) is 0 Å². The molecule has 1 aromatic heterocycles. The van der Waals surface area contributed by atoms with E-state index in [1.54, 1.807) is 0 Å². The third kappa shape index (κ3) is 4.39. The summed E-state index contributed by atoms with van der Waals surface area (Å²) in [5.41, 5.74) is 2.26. The van der Waals surface area contributed by atoms with E-state index in [0.29, 0.717) is 25.7 Å². The van der Waals surface area contributed by atoms with Crippen molar-refractivity contribution in [2.45, 2.75) is 44.1 Å². The molecule has 1 atom stereocenters. The fourth-order valence-corrected chi connectivity index (χ4v) is 6.62. The van der Waals surface area contributed by atoms with Crippen LogP contribution >= 0.6 is 11.3 Å². The van der Waals surface area contributed by atoms with Crippen LogP contribution in [-0.4, -0.2) is 60.1 Å². The summed E-state index contributed by atoms with van der Waals surface area (Å²) in [7, 11) is 0. The second-order valence-electron chi connectivity index (χ2n) is 9.57. The summed E-state index contributed by atoms with van der Waals surface area (Å²) in [6.45, 7) is 4.62. The minimum Gasteiger partial charge on any atom is -0.490 e. The first-order valence-electron chi connectivity index (χ1n) is 12.5. The molecule has 2 aromatic carbocycles. The number of fused-ring (bicyclic) bond motifs is 2. The second kappa shape index (κ2) is 9.55. The van der Waals surface area contributed by atoms with Gasteiger partial charge in [-0.1, -0.05) is 18.2 Å². The molecule has 1 amide bonds. The second-order valence-corrected chi connectivity index (χ2v) is 10.6. The van der Waals surface area contributed by atoms with Crippen LogP contribution in [0.15, 0.2) is 42.5 Å². The van der Waals surface area contributed by atoms with Crippen LogP contribution in [0.25, 0.3) is 10.2 Å². The number of ether oxygens (including phenoxy) is 2. The number of carbonyl (C=O) groups excluding carboxylic acids is 1. The van der Waals surface area contributed by atoms with Gasteiger partial charge < -0.3 is 14.4 Å². The van der Waals surface area contributed by atoms with Crippen molar-refractivity contribution in [1.82, 2.24) is 14.8 Å². The Hall–Kier alpha value is -2.64. The smallest absolute Gasteiger partial charge is 0.237 e. The lowest BCUT2D eigenvalue weighted by molar-refractivity contribution is -0.133. The van der Waals surface area contributed by atoms with Gasteiger partial charge in [0.25, 0.3) is 0 Å². The quantitative estimate of drug-likeness (QED) is 0.529. The Bertz CT molecular complexity index is 1140. The topological polar surface area (TPSA) is 54.9 Å². The van der Waals surface area contributed by atoms with Crippen LogP contribution in [-0.2, 0) is 4.79 Å². The Balaban J connectivity index is 1.08. The fraction of sp³-hybridized carbons (Fsp3) is 0.481. The molecule has 34 heavy (non-hydrogen) atoms. The molecule has 6 nitrogen and oxygen atoms in total. The van der Waals surface area contributed by atoms with E-state index in [1.165, 1.54) is 9.71 Å². The highest BCUT2D eigenvalue weighted by Gasteiger charge is 2.32. The number of hydrogen-bond acceptors (Lipinski definition) is 6. The SMILES string of the molecule is O=C(CN1CCC(c2nc3ccccc3s2)CC1)N1CCCC1c1ccc2c(c1)OCCCO2. The number of likely N-dealkylation sites (tertiary alicyclic amines) is 2. The normalized spacial score (nSPS) is 21.6. The Morgan fingerprint density at radius 1 is 0.971 bits per heavy atom. The third-order valence-corrected chi connectivity index (χ3v) is 8.53. The van der Waals surface area contributed by atoms with Crippen molar-refractivity contribution < 1.29 is 14.3 Å². The number of aromatic nitrogens is 1. The molecule has 0 radical (unpaired) electrons. The van der Waals surface area contributed by atoms with Crippen molar-refractivity contribution in [3.05, 3.63) is 53.0 Å². The van der Waals surface area contributed by atoms with Crippen molar-refractivity contribution in [2.75, 3.05) is 39.4 Å². The molecule has 3 aliphatic rings. The van der Waals surface area contributed by atoms with Crippen molar-refractivity contribution in [3.63, 3.8) is 0 Å². The van der Waals surface area contributed by atoms with E-state index < -0.39 is 0 Å². The predicted molar refractivity (Wildman–Crippen MR) is 134 cm³/mol. The van der Waals surface area contributed by atoms with E-state index >= 15 is 0 Å². The van der Waals surface area contributed by atoms with Gasteiger partial charge >= 0.3 is 0 Å². The molecule has 0 saturated carbocycles. The maximum absolute atomic E-state index is 13.3. The Morgan fingerprint density at radius 3 is 2.65 bits per heavy atom. The van der Waals surface area contributed by atoms with E-state index in [2.05, 4.69) is 46.2 Å². The summed E-state index contributed by atoms with van der Waals surface area (Å²) in [4.78, 5) is 22.6. The van der Waals surface area contributed by atoms with E-state index in [4.69, 9.17) is 14.5 Å². The maximum Gasteiger partial charge on any atom is 0.237 e. The zero-order chi connectivity index (χ0) is 22.9. The molecule has 3 aromatic rings. The number of carbonyl (C=O) groups is 1. The lowest BCUT2D eigenvalue weighted by Gasteiger charge is -2.33. The predicted octanol–water partition coefficient (Wildman–Crippen LogP) is 5.00. The van der Waals surface area contributed by atoms with Crippen molar-refractivity contribution in [2.24, 2.45) is 0 Å². The first-order valence-corrected chi connectivity index (χ1v) is 13.3. The lowest BCUT2D eigenvalue weighted by Crippen LogP contribution is -2.43. The lowest BCUT2D eigenvalue weighted by atomic mass is 9.97. The zero-order valence-electron chi connectivity index (χ0n) is 19.4. The molecule has 3 aliphatic heterocycles. The Kier molecular flexibility index (Phi) is 6.14. The molecular weight excluding hydrogens is 446 g/mol. The fourth-order valence-electron chi connectivity index (χ4n) is 5.48. The monoisotopic (exact) mass is 477 g/mol. The van der Waals surface area contributed by atoms with Crippen LogP contribution in [0.4, 0.5) is 0 Å². The van der Waals surface area contributed by atoms with Crippen molar-refractivity contribution >= 4 is 27.5 Å². The van der Waals surface area contributed by atoms with E-state index in [-0.39, 0.29) is 11.9 Å². The number of nitrogens with zero attached hydrogens (tertiary/aromatic N) is 3. The van der Waals surface area contributed by atoms with Gasteiger partial charge in [-0.2, -0.15) is 0 Å². The van der Waals surface area contributed by atoms with E-state index in [1.807, 2.05) is 17.4 Å². The van der Waals surface area contributed by atoms with Gasteiger partial charge in [0.1, 0.15) is 0 Å². The number of amides is 1. The minimum atomic E-state index is 0.130. The summed E-state index contributed by atoms with van der Waals surface area (Å²) < 4.78 is 12.9. The van der Waals surface area contributed by atoms with Crippen LogP contribution in [0.1, 0.15) is 54.6 Å². The summed E-state index contributed by atoms with van der Waals surface area (Å²) >= 11 is 1.82. The number of piperidine rings is 1. The summed E-state index contributed by atoms with van der Waals surface area (Å²) in [5, 5.41) is 1.25. The van der Waals surface area contributed by atoms with Crippen LogP contribution in [0.2, 0.25) is 0 Å². The van der Waals surface area contributed by atoms with Gasteiger partial charge in [-0.3, -0.25) is 9.69 Å². The number of para-hydroxylation sites is 1. The highest BCUT2D eigenvalue weighted by Crippen LogP contribution is 2.38. The highest BCUT2D eigenvalue weighted by molar-refractivity contribution is 7.18. The molecule has 1 unspecified atom stereocenters. The van der Waals surface area contributed by atoms with Crippen molar-refractivity contribution in [1.29, 1.82) is 0 Å². The Morgan fingerprint density at radius 2 is 1.79 bits per heavy atom. The first kappa shape index (κ1) is 21.9. The zero-order valence-corrected chi connectivity index (χ0v) is 20.3. The van der Waals surface area contributed by atoms with Crippen LogP contribution in [0.3, 0.4) is 0 Å². The molecule has 0 spiro atoms. The molecule has 2 saturated heterocycles. The van der Waals surface area contributed by atoms with Crippen molar-refractivity contribution in [3.8, 4) is 11.5 Å². The minimum absolute atomic E-state index is 0.130. The molecule has 0 aliphatic carbocycles. The van der Waals surface area contributed by atoms with Gasteiger partial charge in [-0.05, 0) is 68.6 Å². The van der Waals surface area contributed by atoms with Gasteiger partial charge in [0.15, 0.2) is 11.5 Å². The molecule has 7 heteroatoms. The Labute approximate surface area is 204 Å². The molecular formula is C27H31N3O3S. The van der Waals surface area contributed by atoms with Crippen LogP contribution < -0.4 is 9.47 Å². The maximum atomic E-state index is 13.3. The number of thiazole rings is 1. The van der Waals surface area contributed by atoms with Gasteiger partial charge in [0, 0.05) is 18.9 Å². The average Bonchev–Trinajstić information content (AvgIpc) is 3.46. The number of rotatable bonds is 4. The van der Waals surface area contributed by atoms with E-state index in [0.717, 1.165) is 74.3 Å². The van der Waals surface area contributed by atoms with Gasteiger partial charge in [0.2, 0.25) is 5.91 Å². The number of hydrogen-bond donors (Lipinski definition) is 0. The summed E-state index contributed by atoms with van der Waals surface area (Å²) in [6.07, 6.45) is 5.08. The number of benzene rings is 2. The van der Waals surface area contributed by atoms with Gasteiger partial charge in [0.05, 0.1) is 41.0 Å². The molecule has 0 N–H and O–H groups in total. The van der Waals surface area contributed by atoms with Crippen LogP contribution in [0.5, 0.6) is 11.5 Å². The largest absolute Gasteiger partial charge is 0.490 e. The highest BCUT2D eigenvalue weighted by atomic mass is 32.1. The first-order chi connectivity index (χ1) is 16.7. The van der Waals surface area contributed by atoms with E-state index in [9.17, 15) is 4.79 Å². The van der Waals surface area contributed by atoms with Gasteiger partial charge in [-0.15, -0.1) is 11.3 Å².